The van der Waals surface area contributed by atoms with Gasteiger partial charge >= 0.3 is 0 Å². The van der Waals surface area contributed by atoms with E-state index in [2.05, 4.69) is 25.7 Å². The number of nitrogens with zero attached hydrogens (tertiary/aromatic N) is 6. The Kier molecular flexibility index (Phi) is 5.02. The maximum Gasteiger partial charge on any atom is 0.269 e. The van der Waals surface area contributed by atoms with Gasteiger partial charge in [-0.2, -0.15) is 5.10 Å². The van der Waals surface area contributed by atoms with Crippen molar-refractivity contribution in [1.82, 2.24) is 35.1 Å². The summed E-state index contributed by atoms with van der Waals surface area (Å²) in [7, 11) is 3.35. The number of rotatable bonds is 6. The van der Waals surface area contributed by atoms with Crippen molar-refractivity contribution in [2.75, 3.05) is 7.11 Å². The highest BCUT2D eigenvalue weighted by atomic mass is 16.5. The van der Waals surface area contributed by atoms with Crippen molar-refractivity contribution in [1.29, 1.82) is 0 Å². The second-order valence-corrected chi connectivity index (χ2v) is 6.32. The molecule has 0 aliphatic carbocycles. The summed E-state index contributed by atoms with van der Waals surface area (Å²) in [5.74, 6) is 0.487. The van der Waals surface area contributed by atoms with Gasteiger partial charge < -0.3 is 10.1 Å². The van der Waals surface area contributed by atoms with E-state index in [-0.39, 0.29) is 12.5 Å². The lowest BCUT2D eigenvalue weighted by molar-refractivity contribution is 0.0941. The topological polar surface area (TPSA) is 99.7 Å². The number of aromatic nitrogens is 6. The molecule has 1 aromatic carbocycles. The summed E-state index contributed by atoms with van der Waals surface area (Å²) in [6, 6.07) is 13.0. The van der Waals surface area contributed by atoms with E-state index in [1.807, 2.05) is 36.4 Å². The van der Waals surface area contributed by atoms with Gasteiger partial charge in [0.1, 0.15) is 17.1 Å². The number of benzene rings is 1. The maximum atomic E-state index is 12.6. The fraction of sp³-hybridized carbons (Fsp3) is 0.150. The van der Waals surface area contributed by atoms with E-state index < -0.39 is 0 Å². The fourth-order valence-corrected chi connectivity index (χ4v) is 2.86. The molecule has 0 aliphatic rings. The molecule has 4 rings (SSSR count). The summed E-state index contributed by atoms with van der Waals surface area (Å²) in [6.07, 6.45) is 5.13. The van der Waals surface area contributed by atoms with Gasteiger partial charge in [0.25, 0.3) is 5.91 Å². The molecular formula is C20H19N7O2. The standard InChI is InChI=1S/C20H19N7O2/c1-26-19(10-18(24-26)14-5-3-7-17(9-14)29-2)20(28)22-11-15-13-27(25-23-15)16-6-4-8-21-12-16/h3-10,12-13H,11H2,1-2H3,(H,22,28). The molecule has 9 heteroatoms. The van der Waals surface area contributed by atoms with Gasteiger partial charge in [0.2, 0.25) is 0 Å². The van der Waals surface area contributed by atoms with Crippen LogP contribution >= 0.6 is 0 Å². The third-order valence-electron chi connectivity index (χ3n) is 4.36. The monoisotopic (exact) mass is 389 g/mol. The van der Waals surface area contributed by atoms with Gasteiger partial charge in [-0.1, -0.05) is 17.3 Å². The van der Waals surface area contributed by atoms with Crippen LogP contribution in [0.1, 0.15) is 16.2 Å². The number of hydrogen-bond donors (Lipinski definition) is 1. The molecule has 1 amide bonds. The molecular weight excluding hydrogens is 370 g/mol. The smallest absolute Gasteiger partial charge is 0.269 e. The first-order valence-corrected chi connectivity index (χ1v) is 8.92. The Morgan fingerprint density at radius 1 is 1.21 bits per heavy atom. The Morgan fingerprint density at radius 3 is 2.90 bits per heavy atom. The third kappa shape index (κ3) is 3.98. The number of pyridine rings is 1. The number of hydrogen-bond acceptors (Lipinski definition) is 6. The van der Waals surface area contributed by atoms with Crippen molar-refractivity contribution in [3.8, 4) is 22.7 Å². The molecule has 1 N–H and O–H groups in total. The summed E-state index contributed by atoms with van der Waals surface area (Å²) in [4.78, 5) is 16.7. The molecule has 3 aromatic heterocycles. The molecule has 0 saturated carbocycles. The van der Waals surface area contributed by atoms with Gasteiger partial charge in [-0.3, -0.25) is 14.5 Å². The molecule has 0 bridgehead atoms. The lowest BCUT2D eigenvalue weighted by Gasteiger charge is -2.02. The number of nitrogens with one attached hydrogen (secondary N) is 1. The first kappa shape index (κ1) is 18.4. The van der Waals surface area contributed by atoms with Gasteiger partial charge in [0.05, 0.1) is 37.4 Å². The molecule has 0 aliphatic heterocycles. The van der Waals surface area contributed by atoms with Crippen molar-refractivity contribution in [3.05, 3.63) is 72.4 Å². The van der Waals surface area contributed by atoms with E-state index in [1.54, 1.807) is 48.2 Å². The highest BCUT2D eigenvalue weighted by Crippen LogP contribution is 2.23. The number of amides is 1. The first-order chi connectivity index (χ1) is 14.1. The number of aryl methyl sites for hydroxylation is 1. The van der Waals surface area contributed by atoms with Crippen LogP contribution in [0.3, 0.4) is 0 Å². The number of carbonyl (C=O) groups is 1. The molecule has 4 aromatic rings. The first-order valence-electron chi connectivity index (χ1n) is 8.92. The van der Waals surface area contributed by atoms with Crippen LogP contribution < -0.4 is 10.1 Å². The molecule has 0 saturated heterocycles. The van der Waals surface area contributed by atoms with Crippen molar-refractivity contribution in [2.45, 2.75) is 6.54 Å². The Balaban J connectivity index is 1.45. The minimum Gasteiger partial charge on any atom is -0.497 e. The maximum absolute atomic E-state index is 12.6. The van der Waals surface area contributed by atoms with Gasteiger partial charge in [-0.15, -0.1) is 5.10 Å². The molecule has 146 valence electrons. The van der Waals surface area contributed by atoms with Gasteiger partial charge in [-0.25, -0.2) is 4.68 Å². The molecule has 0 fully saturated rings. The Bertz CT molecular complexity index is 1130. The molecule has 3 heterocycles. The van der Waals surface area contributed by atoms with E-state index in [0.29, 0.717) is 17.1 Å². The van der Waals surface area contributed by atoms with Crippen LogP contribution in [0.2, 0.25) is 0 Å². The van der Waals surface area contributed by atoms with Crippen LogP contribution in [0.25, 0.3) is 16.9 Å². The number of methoxy groups -OCH3 is 1. The zero-order valence-electron chi connectivity index (χ0n) is 16.0. The largest absolute Gasteiger partial charge is 0.497 e. The average molecular weight is 389 g/mol. The van der Waals surface area contributed by atoms with E-state index in [9.17, 15) is 4.79 Å². The summed E-state index contributed by atoms with van der Waals surface area (Å²) >= 11 is 0. The lowest BCUT2D eigenvalue weighted by atomic mass is 10.1. The predicted molar refractivity (Wildman–Crippen MR) is 106 cm³/mol. The SMILES string of the molecule is COc1cccc(-c2cc(C(=O)NCc3cn(-c4cccnc4)nn3)n(C)n2)c1. The van der Waals surface area contributed by atoms with E-state index >= 15 is 0 Å². The summed E-state index contributed by atoms with van der Waals surface area (Å²) < 4.78 is 8.41. The number of carbonyl (C=O) groups excluding carboxylic acids is 1. The second-order valence-electron chi connectivity index (χ2n) is 6.32. The fourth-order valence-electron chi connectivity index (χ4n) is 2.86. The van der Waals surface area contributed by atoms with Crippen LogP contribution in [-0.4, -0.2) is 42.8 Å². The summed E-state index contributed by atoms with van der Waals surface area (Å²) in [5.41, 5.74) is 3.45. The van der Waals surface area contributed by atoms with Crippen LogP contribution in [0.15, 0.2) is 61.1 Å². The Morgan fingerprint density at radius 2 is 2.10 bits per heavy atom. The zero-order chi connectivity index (χ0) is 20.2. The second kappa shape index (κ2) is 7.93. The van der Waals surface area contributed by atoms with Gasteiger partial charge in [-0.05, 0) is 30.3 Å². The molecule has 29 heavy (non-hydrogen) atoms. The van der Waals surface area contributed by atoms with Crippen molar-refractivity contribution in [3.63, 3.8) is 0 Å². The van der Waals surface area contributed by atoms with Crippen molar-refractivity contribution >= 4 is 5.91 Å². The Labute approximate surface area is 167 Å². The van der Waals surface area contributed by atoms with Crippen LogP contribution in [-0.2, 0) is 13.6 Å². The third-order valence-corrected chi connectivity index (χ3v) is 4.36. The summed E-state index contributed by atoms with van der Waals surface area (Å²) in [5, 5.41) is 15.4. The minimum absolute atomic E-state index is 0.245. The van der Waals surface area contributed by atoms with Gasteiger partial charge in [0, 0.05) is 18.8 Å². The van der Waals surface area contributed by atoms with Gasteiger partial charge in [0.15, 0.2) is 0 Å². The van der Waals surface area contributed by atoms with Crippen LogP contribution in [0, 0.1) is 0 Å². The number of ether oxygens (including phenoxy) is 1. The van der Waals surface area contributed by atoms with E-state index in [0.717, 1.165) is 17.0 Å². The Hall–Kier alpha value is -4.01. The minimum atomic E-state index is -0.245. The summed E-state index contributed by atoms with van der Waals surface area (Å²) in [6.45, 7) is 0.249. The lowest BCUT2D eigenvalue weighted by Crippen LogP contribution is -2.25. The normalized spacial score (nSPS) is 10.7. The van der Waals surface area contributed by atoms with Crippen molar-refractivity contribution < 1.29 is 9.53 Å². The zero-order valence-corrected chi connectivity index (χ0v) is 16.0. The molecule has 0 radical (unpaired) electrons. The van der Waals surface area contributed by atoms with E-state index in [1.165, 1.54) is 0 Å². The molecule has 0 spiro atoms. The average Bonchev–Trinajstić information content (AvgIpc) is 3.39. The molecule has 9 nitrogen and oxygen atoms in total. The highest BCUT2D eigenvalue weighted by Gasteiger charge is 2.15. The van der Waals surface area contributed by atoms with Crippen molar-refractivity contribution in [2.24, 2.45) is 7.05 Å². The molecule has 0 unspecified atom stereocenters. The molecule has 0 atom stereocenters. The highest BCUT2D eigenvalue weighted by molar-refractivity contribution is 5.93. The van der Waals surface area contributed by atoms with Crippen LogP contribution in [0.5, 0.6) is 5.75 Å². The quantitative estimate of drug-likeness (QED) is 0.541. The van der Waals surface area contributed by atoms with E-state index in [4.69, 9.17) is 4.74 Å². The van der Waals surface area contributed by atoms with Crippen LogP contribution in [0.4, 0.5) is 0 Å². The predicted octanol–water partition coefficient (Wildman–Crippen LogP) is 2.00.